The topological polar surface area (TPSA) is 63.2 Å². The van der Waals surface area contributed by atoms with Crippen molar-refractivity contribution in [2.24, 2.45) is 5.41 Å². The van der Waals surface area contributed by atoms with Gasteiger partial charge in [-0.05, 0) is 35.9 Å². The van der Waals surface area contributed by atoms with E-state index in [2.05, 4.69) is 26.1 Å². The summed E-state index contributed by atoms with van der Waals surface area (Å²) in [6.45, 7) is 8.20. The van der Waals surface area contributed by atoms with E-state index in [0.29, 0.717) is 4.88 Å². The van der Waals surface area contributed by atoms with Crippen LogP contribution in [0.4, 0.5) is 0 Å². The largest absolute Gasteiger partial charge is 0.348 e. The van der Waals surface area contributed by atoms with Crippen molar-refractivity contribution in [3.05, 3.63) is 44.3 Å². The van der Waals surface area contributed by atoms with Crippen LogP contribution >= 0.6 is 22.7 Å². The van der Waals surface area contributed by atoms with Gasteiger partial charge in [-0.15, -0.1) is 22.7 Å². The first-order valence-corrected chi connectivity index (χ1v) is 10.8. The zero-order valence-corrected chi connectivity index (χ0v) is 18.0. The number of ketones is 2. The Kier molecular flexibility index (Phi) is 7.50. The van der Waals surface area contributed by atoms with Gasteiger partial charge in [-0.3, -0.25) is 14.4 Å². The zero-order valence-electron chi connectivity index (χ0n) is 16.3. The van der Waals surface area contributed by atoms with Crippen molar-refractivity contribution in [2.45, 2.75) is 59.4 Å². The Hall–Kier alpha value is -1.79. The molecule has 0 bridgehead atoms. The molecule has 146 valence electrons. The van der Waals surface area contributed by atoms with Crippen LogP contribution in [0, 0.1) is 12.3 Å². The van der Waals surface area contributed by atoms with E-state index in [0.717, 1.165) is 9.75 Å². The Morgan fingerprint density at radius 2 is 1.74 bits per heavy atom. The number of aryl methyl sites for hydroxylation is 1. The maximum atomic E-state index is 12.3. The van der Waals surface area contributed by atoms with Crippen molar-refractivity contribution in [2.75, 3.05) is 0 Å². The van der Waals surface area contributed by atoms with E-state index in [1.807, 2.05) is 30.5 Å². The minimum atomic E-state index is -0.128. The highest BCUT2D eigenvalue weighted by Gasteiger charge is 2.28. The Balaban J connectivity index is 1.78. The van der Waals surface area contributed by atoms with Crippen molar-refractivity contribution < 1.29 is 14.4 Å². The molecule has 4 nitrogen and oxygen atoms in total. The minimum absolute atomic E-state index is 0.00334. The molecule has 2 rings (SSSR count). The SMILES string of the molecule is Cc1ccc(C(=O)CCC(=O)CCC(=O)NC(c2cccs2)C(C)(C)C)s1. The maximum absolute atomic E-state index is 12.3. The van der Waals surface area contributed by atoms with Crippen molar-refractivity contribution in [3.63, 3.8) is 0 Å². The monoisotopic (exact) mass is 405 g/mol. The van der Waals surface area contributed by atoms with Crippen molar-refractivity contribution in [1.29, 1.82) is 0 Å². The van der Waals surface area contributed by atoms with E-state index in [-0.39, 0.29) is 54.6 Å². The predicted octanol–water partition coefficient (Wildman–Crippen LogP) is 5.33. The van der Waals surface area contributed by atoms with E-state index in [4.69, 9.17) is 0 Å². The van der Waals surface area contributed by atoms with Crippen LogP contribution in [0.3, 0.4) is 0 Å². The molecule has 0 saturated heterocycles. The number of carbonyl (C=O) groups is 3. The van der Waals surface area contributed by atoms with E-state index in [1.54, 1.807) is 17.4 Å². The molecule has 1 unspecified atom stereocenters. The fourth-order valence-corrected chi connectivity index (χ4v) is 4.60. The van der Waals surface area contributed by atoms with Crippen LogP contribution in [-0.2, 0) is 9.59 Å². The molecule has 1 N–H and O–H groups in total. The molecule has 0 aliphatic carbocycles. The number of hydrogen-bond acceptors (Lipinski definition) is 5. The summed E-state index contributed by atoms with van der Waals surface area (Å²) in [5.74, 6) is -0.177. The summed E-state index contributed by atoms with van der Waals surface area (Å²) >= 11 is 3.07. The Bertz CT molecular complexity index is 785. The quantitative estimate of drug-likeness (QED) is 0.573. The summed E-state index contributed by atoms with van der Waals surface area (Å²) in [4.78, 5) is 39.4. The minimum Gasteiger partial charge on any atom is -0.348 e. The lowest BCUT2D eigenvalue weighted by molar-refractivity contribution is -0.126. The van der Waals surface area contributed by atoms with Gasteiger partial charge >= 0.3 is 0 Å². The Morgan fingerprint density at radius 3 is 2.30 bits per heavy atom. The van der Waals surface area contributed by atoms with E-state index >= 15 is 0 Å². The van der Waals surface area contributed by atoms with Crippen molar-refractivity contribution >= 4 is 40.1 Å². The van der Waals surface area contributed by atoms with Crippen LogP contribution < -0.4 is 5.32 Å². The molecule has 0 radical (unpaired) electrons. The third-order valence-electron chi connectivity index (χ3n) is 4.28. The summed E-state index contributed by atoms with van der Waals surface area (Å²) in [5.41, 5.74) is -0.115. The van der Waals surface area contributed by atoms with E-state index in [9.17, 15) is 14.4 Å². The van der Waals surface area contributed by atoms with E-state index < -0.39 is 0 Å². The Labute approximate surface area is 169 Å². The average Bonchev–Trinajstić information content (AvgIpc) is 3.26. The number of rotatable bonds is 9. The number of Topliss-reactive ketones (excluding diaryl/α,β-unsaturated/α-hetero) is 2. The van der Waals surface area contributed by atoms with Crippen LogP contribution in [0.25, 0.3) is 0 Å². The second-order valence-corrected chi connectivity index (χ2v) is 10.0. The Morgan fingerprint density at radius 1 is 1.04 bits per heavy atom. The molecule has 27 heavy (non-hydrogen) atoms. The van der Waals surface area contributed by atoms with Gasteiger partial charge in [0.05, 0.1) is 10.9 Å². The number of thiophene rings is 2. The standard InChI is InChI=1S/C21H27NO3S2/c1-14-7-11-17(27-14)16(24)10-8-15(23)9-12-19(25)22-20(21(2,3)4)18-6-5-13-26-18/h5-7,11,13,20H,8-10,12H2,1-4H3,(H,22,25). The molecule has 0 spiro atoms. The molecule has 0 aliphatic rings. The molecular weight excluding hydrogens is 378 g/mol. The normalized spacial score (nSPS) is 12.6. The van der Waals surface area contributed by atoms with E-state index in [1.165, 1.54) is 11.3 Å². The number of nitrogens with one attached hydrogen (secondary N) is 1. The molecule has 2 aromatic rings. The lowest BCUT2D eigenvalue weighted by Gasteiger charge is -2.30. The van der Waals surface area contributed by atoms with Crippen LogP contribution in [0.2, 0.25) is 0 Å². The average molecular weight is 406 g/mol. The van der Waals surface area contributed by atoms with Crippen molar-refractivity contribution in [1.82, 2.24) is 5.32 Å². The van der Waals surface area contributed by atoms with Gasteiger partial charge in [-0.1, -0.05) is 26.8 Å². The van der Waals surface area contributed by atoms with Gasteiger partial charge in [0, 0.05) is 35.4 Å². The third-order valence-corrected chi connectivity index (χ3v) is 6.25. The van der Waals surface area contributed by atoms with Gasteiger partial charge < -0.3 is 5.32 Å². The van der Waals surface area contributed by atoms with Gasteiger partial charge in [0.2, 0.25) is 5.91 Å². The smallest absolute Gasteiger partial charge is 0.220 e. The van der Waals surface area contributed by atoms with Gasteiger partial charge in [-0.25, -0.2) is 0 Å². The summed E-state index contributed by atoms with van der Waals surface area (Å²) < 4.78 is 0. The molecule has 2 heterocycles. The maximum Gasteiger partial charge on any atom is 0.220 e. The second kappa shape index (κ2) is 9.42. The highest BCUT2D eigenvalue weighted by molar-refractivity contribution is 7.14. The molecular formula is C21H27NO3S2. The molecule has 0 fully saturated rings. The van der Waals surface area contributed by atoms with Gasteiger partial charge in [0.15, 0.2) is 5.78 Å². The lowest BCUT2D eigenvalue weighted by Crippen LogP contribution is -2.36. The molecule has 0 saturated carbocycles. The molecule has 2 aromatic heterocycles. The molecule has 1 amide bonds. The molecule has 0 aliphatic heterocycles. The van der Waals surface area contributed by atoms with Crippen molar-refractivity contribution in [3.8, 4) is 0 Å². The van der Waals surface area contributed by atoms with Crippen LogP contribution in [0.1, 0.15) is 71.9 Å². The van der Waals surface area contributed by atoms with Crippen LogP contribution in [0.5, 0.6) is 0 Å². The molecule has 6 heteroatoms. The van der Waals surface area contributed by atoms with Gasteiger partial charge in [0.1, 0.15) is 5.78 Å². The first kappa shape index (κ1) is 21.5. The predicted molar refractivity (Wildman–Crippen MR) is 112 cm³/mol. The molecule has 0 aromatic carbocycles. The fraction of sp³-hybridized carbons (Fsp3) is 0.476. The second-order valence-electron chi connectivity index (χ2n) is 7.75. The summed E-state index contributed by atoms with van der Waals surface area (Å²) in [5, 5.41) is 5.06. The summed E-state index contributed by atoms with van der Waals surface area (Å²) in [7, 11) is 0. The fourth-order valence-electron chi connectivity index (χ4n) is 2.74. The lowest BCUT2D eigenvalue weighted by atomic mass is 9.85. The highest BCUT2D eigenvalue weighted by atomic mass is 32.1. The van der Waals surface area contributed by atoms with Gasteiger partial charge in [0.25, 0.3) is 0 Å². The summed E-state index contributed by atoms with van der Waals surface area (Å²) in [6.07, 6.45) is 0.726. The summed E-state index contributed by atoms with van der Waals surface area (Å²) in [6, 6.07) is 7.62. The van der Waals surface area contributed by atoms with Gasteiger partial charge in [-0.2, -0.15) is 0 Å². The number of amides is 1. The molecule has 1 atom stereocenters. The van der Waals surface area contributed by atoms with Crippen LogP contribution in [-0.4, -0.2) is 17.5 Å². The number of hydrogen-bond donors (Lipinski definition) is 1. The van der Waals surface area contributed by atoms with Crippen LogP contribution in [0.15, 0.2) is 29.6 Å². The number of carbonyl (C=O) groups excluding carboxylic acids is 3. The first-order valence-electron chi connectivity index (χ1n) is 9.11. The third kappa shape index (κ3) is 6.70. The zero-order chi connectivity index (χ0) is 20.0. The first-order chi connectivity index (χ1) is 12.7. The highest BCUT2D eigenvalue weighted by Crippen LogP contribution is 2.35.